The Morgan fingerprint density at radius 2 is 2.08 bits per heavy atom. The molecule has 0 aliphatic heterocycles. The number of nitrogens with one attached hydrogen (secondary N) is 1. The molecule has 2 nitrogen and oxygen atoms in total. The maximum atomic E-state index is 11.3. The molecule has 0 aliphatic carbocycles. The molecule has 0 spiro atoms. The van der Waals surface area contributed by atoms with E-state index in [1.807, 2.05) is 19.1 Å². The topological polar surface area (TPSA) is 29.1 Å². The van der Waals surface area contributed by atoms with Crippen LogP contribution < -0.4 is 5.32 Å². The fraction of sp³-hybridized carbons (Fsp3) is 0.364. The maximum Gasteiger partial charge on any atom is 0.251 e. The van der Waals surface area contributed by atoms with E-state index < -0.39 is 0 Å². The first kappa shape index (κ1) is 9.78. The lowest BCUT2D eigenvalue weighted by Crippen LogP contribution is -2.18. The van der Waals surface area contributed by atoms with E-state index >= 15 is 0 Å². The Kier molecular flexibility index (Phi) is 3.07. The fourth-order valence-corrected chi connectivity index (χ4v) is 1.34. The quantitative estimate of drug-likeness (QED) is 0.734. The molecule has 0 radical (unpaired) electrons. The van der Waals surface area contributed by atoms with Crippen molar-refractivity contribution in [2.75, 3.05) is 7.05 Å². The third kappa shape index (κ3) is 2.31. The van der Waals surface area contributed by atoms with Crippen LogP contribution in [0.4, 0.5) is 0 Å². The number of hydrogen-bond acceptors (Lipinski definition) is 1. The monoisotopic (exact) mass is 177 g/mol. The van der Waals surface area contributed by atoms with Gasteiger partial charge in [-0.3, -0.25) is 4.79 Å². The lowest BCUT2D eigenvalue weighted by atomic mass is 10.0. The van der Waals surface area contributed by atoms with Gasteiger partial charge in [0.25, 0.3) is 5.91 Å². The van der Waals surface area contributed by atoms with Crippen molar-refractivity contribution in [1.82, 2.24) is 5.32 Å². The Bertz CT molecular complexity index is 318. The molecule has 2 heteroatoms. The number of aryl methyl sites for hydroxylation is 2. The van der Waals surface area contributed by atoms with Crippen LogP contribution in [0, 0.1) is 6.92 Å². The molecule has 0 bridgehead atoms. The predicted molar refractivity (Wildman–Crippen MR) is 53.9 cm³/mol. The maximum absolute atomic E-state index is 11.3. The summed E-state index contributed by atoms with van der Waals surface area (Å²) in [6.45, 7) is 4.09. The first-order valence-electron chi connectivity index (χ1n) is 4.50. The number of rotatable bonds is 2. The summed E-state index contributed by atoms with van der Waals surface area (Å²) >= 11 is 0. The Balaban J connectivity index is 3.08. The second-order valence-electron chi connectivity index (χ2n) is 3.14. The van der Waals surface area contributed by atoms with Gasteiger partial charge < -0.3 is 5.32 Å². The van der Waals surface area contributed by atoms with Crippen LogP contribution in [0.2, 0.25) is 0 Å². The third-order valence-corrected chi connectivity index (χ3v) is 2.03. The average molecular weight is 177 g/mol. The molecule has 0 unspecified atom stereocenters. The first-order valence-corrected chi connectivity index (χ1v) is 4.50. The van der Waals surface area contributed by atoms with E-state index in [9.17, 15) is 4.79 Å². The van der Waals surface area contributed by atoms with Crippen LogP contribution in [0.3, 0.4) is 0 Å². The Hall–Kier alpha value is -1.31. The summed E-state index contributed by atoms with van der Waals surface area (Å²) in [5.41, 5.74) is 3.09. The molecular formula is C11H15NO. The van der Waals surface area contributed by atoms with Gasteiger partial charge in [-0.1, -0.05) is 18.6 Å². The van der Waals surface area contributed by atoms with Crippen LogP contribution in [-0.4, -0.2) is 13.0 Å². The molecule has 1 N–H and O–H groups in total. The van der Waals surface area contributed by atoms with Crippen molar-refractivity contribution < 1.29 is 4.79 Å². The summed E-state index contributed by atoms with van der Waals surface area (Å²) in [6.07, 6.45) is 0.964. The molecule has 1 amide bonds. The largest absolute Gasteiger partial charge is 0.355 e. The smallest absolute Gasteiger partial charge is 0.251 e. The van der Waals surface area contributed by atoms with E-state index in [0.29, 0.717) is 0 Å². The van der Waals surface area contributed by atoms with Gasteiger partial charge in [-0.05, 0) is 31.0 Å². The standard InChI is InChI=1S/C11H15NO/c1-4-9-5-8(2)6-10(7-9)11(13)12-3/h5-7H,4H2,1-3H3,(H,12,13). The summed E-state index contributed by atoms with van der Waals surface area (Å²) < 4.78 is 0. The van der Waals surface area contributed by atoms with Crippen LogP contribution in [0.5, 0.6) is 0 Å². The van der Waals surface area contributed by atoms with E-state index in [2.05, 4.69) is 18.3 Å². The van der Waals surface area contributed by atoms with Crippen molar-refractivity contribution in [3.8, 4) is 0 Å². The minimum Gasteiger partial charge on any atom is -0.355 e. The van der Waals surface area contributed by atoms with E-state index in [4.69, 9.17) is 0 Å². The normalized spacial score (nSPS) is 9.77. The Morgan fingerprint density at radius 1 is 1.38 bits per heavy atom. The van der Waals surface area contributed by atoms with Gasteiger partial charge in [0, 0.05) is 12.6 Å². The number of amides is 1. The minimum atomic E-state index is -0.0154. The van der Waals surface area contributed by atoms with E-state index in [1.165, 1.54) is 5.56 Å². The zero-order chi connectivity index (χ0) is 9.84. The highest BCUT2D eigenvalue weighted by Crippen LogP contribution is 2.10. The number of carbonyl (C=O) groups is 1. The van der Waals surface area contributed by atoms with Gasteiger partial charge in [-0.15, -0.1) is 0 Å². The SMILES string of the molecule is CCc1cc(C)cc(C(=O)NC)c1. The molecule has 70 valence electrons. The molecule has 0 atom stereocenters. The van der Waals surface area contributed by atoms with Crippen LogP contribution >= 0.6 is 0 Å². The van der Waals surface area contributed by atoms with Crippen molar-refractivity contribution in [3.63, 3.8) is 0 Å². The molecule has 1 aromatic rings. The van der Waals surface area contributed by atoms with Crippen molar-refractivity contribution >= 4 is 5.91 Å². The van der Waals surface area contributed by atoms with Crippen molar-refractivity contribution in [2.45, 2.75) is 20.3 Å². The second-order valence-corrected chi connectivity index (χ2v) is 3.14. The van der Waals surface area contributed by atoms with Crippen molar-refractivity contribution in [1.29, 1.82) is 0 Å². The van der Waals surface area contributed by atoms with E-state index in [-0.39, 0.29) is 5.91 Å². The first-order chi connectivity index (χ1) is 6.17. The van der Waals surface area contributed by atoms with Gasteiger partial charge in [0.05, 0.1) is 0 Å². The lowest BCUT2D eigenvalue weighted by Gasteiger charge is -2.04. The molecule has 1 rings (SSSR count). The van der Waals surface area contributed by atoms with Gasteiger partial charge in [0.2, 0.25) is 0 Å². The lowest BCUT2D eigenvalue weighted by molar-refractivity contribution is 0.0963. The summed E-state index contributed by atoms with van der Waals surface area (Å²) in [5.74, 6) is -0.0154. The Morgan fingerprint density at radius 3 is 2.62 bits per heavy atom. The molecule has 0 aliphatic rings. The van der Waals surface area contributed by atoms with Crippen molar-refractivity contribution in [3.05, 3.63) is 34.9 Å². The highest BCUT2D eigenvalue weighted by Gasteiger charge is 2.04. The average Bonchev–Trinajstić information content (AvgIpc) is 2.15. The van der Waals surface area contributed by atoms with Gasteiger partial charge in [-0.25, -0.2) is 0 Å². The zero-order valence-electron chi connectivity index (χ0n) is 8.35. The molecule has 0 aromatic heterocycles. The summed E-state index contributed by atoms with van der Waals surface area (Å²) in [7, 11) is 1.65. The molecule has 0 saturated carbocycles. The number of carbonyl (C=O) groups excluding carboxylic acids is 1. The van der Waals surface area contributed by atoms with E-state index in [1.54, 1.807) is 7.05 Å². The third-order valence-electron chi connectivity index (χ3n) is 2.03. The molecule has 13 heavy (non-hydrogen) atoms. The zero-order valence-corrected chi connectivity index (χ0v) is 8.35. The van der Waals surface area contributed by atoms with Crippen LogP contribution in [0.15, 0.2) is 18.2 Å². The summed E-state index contributed by atoms with van der Waals surface area (Å²) in [5, 5.41) is 2.62. The molecule has 1 aromatic carbocycles. The van der Waals surface area contributed by atoms with Crippen molar-refractivity contribution in [2.24, 2.45) is 0 Å². The van der Waals surface area contributed by atoms with Gasteiger partial charge in [0.15, 0.2) is 0 Å². The minimum absolute atomic E-state index is 0.0154. The Labute approximate surface area is 79.0 Å². The van der Waals surface area contributed by atoms with E-state index in [0.717, 1.165) is 17.5 Å². The molecule has 0 heterocycles. The van der Waals surface area contributed by atoms with Gasteiger partial charge in [0.1, 0.15) is 0 Å². The fourth-order valence-electron chi connectivity index (χ4n) is 1.34. The van der Waals surface area contributed by atoms with Crippen LogP contribution in [-0.2, 0) is 6.42 Å². The highest BCUT2D eigenvalue weighted by molar-refractivity contribution is 5.94. The number of hydrogen-bond donors (Lipinski definition) is 1. The van der Waals surface area contributed by atoms with Gasteiger partial charge in [-0.2, -0.15) is 0 Å². The van der Waals surface area contributed by atoms with Crippen LogP contribution in [0.25, 0.3) is 0 Å². The number of benzene rings is 1. The van der Waals surface area contributed by atoms with Crippen LogP contribution in [0.1, 0.15) is 28.4 Å². The van der Waals surface area contributed by atoms with Gasteiger partial charge >= 0.3 is 0 Å². The summed E-state index contributed by atoms with van der Waals surface area (Å²) in [6, 6.07) is 5.94. The summed E-state index contributed by atoms with van der Waals surface area (Å²) in [4.78, 5) is 11.3. The second kappa shape index (κ2) is 4.08. The molecular weight excluding hydrogens is 162 g/mol. The highest BCUT2D eigenvalue weighted by atomic mass is 16.1. The predicted octanol–water partition coefficient (Wildman–Crippen LogP) is 1.92. The molecule has 0 fully saturated rings. The molecule has 0 saturated heterocycles.